The van der Waals surface area contributed by atoms with Crippen molar-refractivity contribution in [3.63, 3.8) is 0 Å². The van der Waals surface area contributed by atoms with Crippen molar-refractivity contribution in [1.82, 2.24) is 14.1 Å². The van der Waals surface area contributed by atoms with E-state index in [0.717, 1.165) is 16.5 Å². The summed E-state index contributed by atoms with van der Waals surface area (Å²) in [5, 5.41) is 20.6. The minimum absolute atomic E-state index is 0.0537. The van der Waals surface area contributed by atoms with Gasteiger partial charge in [0.25, 0.3) is 11.5 Å². The largest absolute Gasteiger partial charge is 0.493 e. The molecule has 0 bridgehead atoms. The predicted molar refractivity (Wildman–Crippen MR) is 110 cm³/mol. The van der Waals surface area contributed by atoms with Gasteiger partial charge in [0.1, 0.15) is 0 Å². The minimum Gasteiger partial charge on any atom is -0.493 e. The van der Waals surface area contributed by atoms with Crippen LogP contribution in [-0.2, 0) is 13.1 Å². The number of hydrogen-bond acceptors (Lipinski definition) is 5. The Hall–Kier alpha value is -3.48. The Bertz CT molecular complexity index is 1280. The fraction of sp³-hybridized carbons (Fsp3) is 0.238. The van der Waals surface area contributed by atoms with Gasteiger partial charge in [-0.15, -0.1) is 10.2 Å². The highest BCUT2D eigenvalue weighted by Gasteiger charge is 2.16. The monoisotopic (exact) mass is 375 g/mol. The van der Waals surface area contributed by atoms with Crippen LogP contribution < -0.4 is 5.56 Å². The molecule has 0 saturated heterocycles. The molecule has 0 atom stereocenters. The van der Waals surface area contributed by atoms with E-state index in [0.29, 0.717) is 29.7 Å². The number of para-hydroxylation sites is 1. The van der Waals surface area contributed by atoms with Crippen molar-refractivity contribution in [2.75, 3.05) is 0 Å². The topological polar surface area (TPSA) is 84.8 Å². The van der Waals surface area contributed by atoms with E-state index in [1.165, 1.54) is 4.57 Å². The lowest BCUT2D eigenvalue weighted by Gasteiger charge is -2.06. The van der Waals surface area contributed by atoms with Gasteiger partial charge in [0.15, 0.2) is 5.69 Å². The molecule has 7 heteroatoms. The van der Waals surface area contributed by atoms with Crippen LogP contribution in [0, 0.1) is 6.92 Å². The molecule has 0 spiro atoms. The highest BCUT2D eigenvalue weighted by molar-refractivity contribution is 5.95. The molecule has 142 valence electrons. The zero-order valence-electron chi connectivity index (χ0n) is 16.0. The number of nitrogens with zero attached hydrogens (tertiary/aromatic N) is 5. The minimum atomic E-state index is -0.155. The number of aromatic hydroxyl groups is 1. The van der Waals surface area contributed by atoms with Crippen LogP contribution >= 0.6 is 0 Å². The van der Waals surface area contributed by atoms with E-state index >= 15 is 0 Å². The van der Waals surface area contributed by atoms with Gasteiger partial charge in [0.05, 0.1) is 16.4 Å². The second-order valence-corrected chi connectivity index (χ2v) is 6.62. The Morgan fingerprint density at radius 3 is 2.50 bits per heavy atom. The lowest BCUT2D eigenvalue weighted by Crippen LogP contribution is -2.20. The van der Waals surface area contributed by atoms with Gasteiger partial charge in [-0.25, -0.2) is 4.98 Å². The number of benzene rings is 2. The first-order chi connectivity index (χ1) is 13.5. The predicted octanol–water partition coefficient (Wildman–Crippen LogP) is 4.82. The number of rotatable bonds is 4. The third-order valence-electron chi connectivity index (χ3n) is 4.88. The Morgan fingerprint density at radius 1 is 1.00 bits per heavy atom. The van der Waals surface area contributed by atoms with Crippen molar-refractivity contribution >= 4 is 33.4 Å². The summed E-state index contributed by atoms with van der Waals surface area (Å²) in [6.45, 7) is 6.84. The molecule has 2 aromatic carbocycles. The molecule has 2 heterocycles. The molecule has 0 unspecified atom stereocenters. The maximum Gasteiger partial charge on any atom is 0.262 e. The maximum absolute atomic E-state index is 12.7. The molecule has 4 rings (SSSR count). The van der Waals surface area contributed by atoms with Crippen molar-refractivity contribution < 1.29 is 5.11 Å². The summed E-state index contributed by atoms with van der Waals surface area (Å²) in [5.41, 5.74) is 2.75. The van der Waals surface area contributed by atoms with Crippen molar-refractivity contribution in [2.24, 2.45) is 10.2 Å². The molecule has 0 fully saturated rings. The van der Waals surface area contributed by atoms with Gasteiger partial charge in [0.2, 0.25) is 5.88 Å². The molecule has 1 N–H and O–H groups in total. The van der Waals surface area contributed by atoms with Crippen molar-refractivity contribution in [1.29, 1.82) is 0 Å². The Balaban J connectivity index is 1.92. The van der Waals surface area contributed by atoms with Crippen LogP contribution in [0.25, 0.3) is 21.8 Å². The molecule has 0 aliphatic carbocycles. The Morgan fingerprint density at radius 2 is 1.75 bits per heavy atom. The fourth-order valence-electron chi connectivity index (χ4n) is 3.47. The van der Waals surface area contributed by atoms with Gasteiger partial charge in [-0.1, -0.05) is 23.8 Å². The molecular formula is C21H21N5O2. The van der Waals surface area contributed by atoms with Crippen molar-refractivity contribution in [3.05, 3.63) is 58.4 Å². The number of fused-ring (bicyclic) bond motifs is 2. The van der Waals surface area contributed by atoms with E-state index in [1.54, 1.807) is 16.7 Å². The summed E-state index contributed by atoms with van der Waals surface area (Å²) in [5.74, 6) is 0.272. The summed E-state index contributed by atoms with van der Waals surface area (Å²) < 4.78 is 3.26. The SMILES string of the molecule is CCn1c(N=Nc2c(O)n(CC)c3ccc(C)cc23)nc2ccccc2c1=O. The fourth-order valence-corrected chi connectivity index (χ4v) is 3.47. The van der Waals surface area contributed by atoms with E-state index in [4.69, 9.17) is 0 Å². The van der Waals surface area contributed by atoms with Crippen LogP contribution in [0.2, 0.25) is 0 Å². The lowest BCUT2D eigenvalue weighted by atomic mass is 10.1. The summed E-state index contributed by atoms with van der Waals surface area (Å²) in [6.07, 6.45) is 0. The normalized spacial score (nSPS) is 11.8. The quantitative estimate of drug-likeness (QED) is 0.519. The van der Waals surface area contributed by atoms with Gasteiger partial charge < -0.3 is 9.67 Å². The van der Waals surface area contributed by atoms with E-state index in [9.17, 15) is 9.90 Å². The molecule has 4 aromatic rings. The molecule has 0 aliphatic rings. The molecule has 28 heavy (non-hydrogen) atoms. The zero-order valence-corrected chi connectivity index (χ0v) is 16.0. The molecule has 0 amide bonds. The number of aryl methyl sites for hydroxylation is 2. The first-order valence-corrected chi connectivity index (χ1v) is 9.28. The van der Waals surface area contributed by atoms with Gasteiger partial charge in [-0.05, 0) is 45.0 Å². The second-order valence-electron chi connectivity index (χ2n) is 6.62. The maximum atomic E-state index is 12.7. The first-order valence-electron chi connectivity index (χ1n) is 9.28. The highest BCUT2D eigenvalue weighted by Crippen LogP contribution is 2.39. The average molecular weight is 375 g/mol. The van der Waals surface area contributed by atoms with Crippen LogP contribution in [0.1, 0.15) is 19.4 Å². The Kier molecular flexibility index (Phi) is 4.43. The van der Waals surface area contributed by atoms with Gasteiger partial charge in [-0.2, -0.15) is 0 Å². The van der Waals surface area contributed by atoms with Crippen LogP contribution in [0.3, 0.4) is 0 Å². The van der Waals surface area contributed by atoms with E-state index in [1.807, 2.05) is 51.1 Å². The number of aromatic nitrogens is 3. The molecular weight excluding hydrogens is 354 g/mol. The number of hydrogen-bond donors (Lipinski definition) is 1. The molecule has 0 saturated carbocycles. The number of azo groups is 1. The third kappa shape index (κ3) is 2.76. The Labute approximate surface area is 161 Å². The molecule has 0 radical (unpaired) electrons. The second kappa shape index (κ2) is 6.92. The summed E-state index contributed by atoms with van der Waals surface area (Å²) in [7, 11) is 0. The summed E-state index contributed by atoms with van der Waals surface area (Å²) >= 11 is 0. The van der Waals surface area contributed by atoms with Gasteiger partial charge in [-0.3, -0.25) is 9.36 Å². The summed E-state index contributed by atoms with van der Waals surface area (Å²) in [4.78, 5) is 17.2. The molecule has 7 nitrogen and oxygen atoms in total. The van der Waals surface area contributed by atoms with E-state index in [2.05, 4.69) is 15.2 Å². The van der Waals surface area contributed by atoms with Crippen molar-refractivity contribution in [3.8, 4) is 5.88 Å². The summed E-state index contributed by atoms with van der Waals surface area (Å²) in [6, 6.07) is 13.1. The van der Waals surface area contributed by atoms with Crippen molar-refractivity contribution in [2.45, 2.75) is 33.9 Å². The smallest absolute Gasteiger partial charge is 0.262 e. The third-order valence-corrected chi connectivity index (χ3v) is 4.88. The van der Waals surface area contributed by atoms with E-state index < -0.39 is 0 Å². The van der Waals surface area contributed by atoms with E-state index in [-0.39, 0.29) is 17.4 Å². The molecule has 0 aliphatic heterocycles. The standard InChI is InChI=1S/C21H21N5O2/c1-4-25-17-11-10-13(3)12-15(17)18(20(25)28)23-24-21-22-16-9-7-6-8-14(16)19(27)26(21)5-2/h6-12,28H,4-5H2,1-3H3. The van der Waals surface area contributed by atoms with Crippen LogP contribution in [0.5, 0.6) is 5.88 Å². The van der Waals surface area contributed by atoms with Crippen LogP contribution in [0.4, 0.5) is 11.6 Å². The van der Waals surface area contributed by atoms with Crippen LogP contribution in [-0.4, -0.2) is 19.2 Å². The van der Waals surface area contributed by atoms with Crippen LogP contribution in [0.15, 0.2) is 57.5 Å². The van der Waals surface area contributed by atoms with Gasteiger partial charge >= 0.3 is 0 Å². The molecule has 2 aromatic heterocycles. The highest BCUT2D eigenvalue weighted by atomic mass is 16.3. The first kappa shape index (κ1) is 17.9. The lowest BCUT2D eigenvalue weighted by molar-refractivity contribution is 0.427. The zero-order chi connectivity index (χ0) is 19.8. The average Bonchev–Trinajstić information content (AvgIpc) is 2.96. The van der Waals surface area contributed by atoms with Gasteiger partial charge in [0, 0.05) is 18.5 Å².